The summed E-state index contributed by atoms with van der Waals surface area (Å²) >= 11 is 1.72. The number of carbonyl (C=O) groups excluding carboxylic acids is 2. The number of carbonyl (C=O) groups is 2. The molecule has 0 atom stereocenters. The number of nitrogens with one attached hydrogen (secondary N) is 1. The van der Waals surface area contributed by atoms with Crippen LogP contribution in [0.5, 0.6) is 0 Å². The number of thiophene rings is 1. The van der Waals surface area contributed by atoms with Gasteiger partial charge in [-0.15, -0.1) is 11.3 Å². The van der Waals surface area contributed by atoms with Crippen LogP contribution in [-0.2, 0) is 24.1 Å². The van der Waals surface area contributed by atoms with Crippen molar-refractivity contribution in [3.63, 3.8) is 0 Å². The molecule has 2 aliphatic rings. The van der Waals surface area contributed by atoms with Crippen LogP contribution in [0.1, 0.15) is 72.5 Å². The number of nitrogens with zero attached hydrogens (tertiary/aromatic N) is 1. The minimum atomic E-state index is -0.0837. The summed E-state index contributed by atoms with van der Waals surface area (Å²) in [6.07, 6.45) is 9.30. The van der Waals surface area contributed by atoms with Crippen LogP contribution in [0.2, 0.25) is 0 Å². The van der Waals surface area contributed by atoms with E-state index < -0.39 is 0 Å². The van der Waals surface area contributed by atoms with Gasteiger partial charge in [0.05, 0.1) is 6.42 Å². The molecule has 1 saturated carbocycles. The van der Waals surface area contributed by atoms with Crippen molar-refractivity contribution in [1.29, 1.82) is 0 Å². The molecule has 1 aliphatic carbocycles. The Balaban J connectivity index is 1.22. The summed E-state index contributed by atoms with van der Waals surface area (Å²) in [7, 11) is 0. The normalized spacial score (nSPS) is 18.1. The first-order chi connectivity index (χ1) is 17.0. The van der Waals surface area contributed by atoms with E-state index in [1.54, 1.807) is 18.3 Å². The lowest BCUT2D eigenvalue weighted by Gasteiger charge is -2.40. The van der Waals surface area contributed by atoms with Crippen molar-refractivity contribution in [3.8, 4) is 0 Å². The molecule has 35 heavy (non-hydrogen) atoms. The number of benzene rings is 2. The zero-order valence-electron chi connectivity index (χ0n) is 20.8. The van der Waals surface area contributed by atoms with Crippen molar-refractivity contribution in [2.45, 2.75) is 70.3 Å². The highest BCUT2D eigenvalue weighted by Crippen LogP contribution is 2.32. The van der Waals surface area contributed by atoms with Crippen LogP contribution >= 0.6 is 11.3 Å². The predicted molar refractivity (Wildman–Crippen MR) is 144 cm³/mol. The molecular weight excluding hydrogens is 452 g/mol. The van der Waals surface area contributed by atoms with Crippen molar-refractivity contribution in [2.24, 2.45) is 0 Å². The SMILES string of the molecule is CC(=O)c1ccc2c(c1)CCN(CCC1(NC(=O)Cc3cccc4ccsc34)CCCCC1)CC2. The van der Waals surface area contributed by atoms with Crippen LogP contribution in [0.3, 0.4) is 0 Å². The van der Waals surface area contributed by atoms with E-state index in [9.17, 15) is 9.59 Å². The summed E-state index contributed by atoms with van der Waals surface area (Å²) in [4.78, 5) is 27.6. The topological polar surface area (TPSA) is 49.4 Å². The Kier molecular flexibility index (Phi) is 7.35. The van der Waals surface area contributed by atoms with Crippen LogP contribution in [0.25, 0.3) is 10.1 Å². The zero-order chi connectivity index (χ0) is 24.3. The maximum Gasteiger partial charge on any atom is 0.224 e. The highest BCUT2D eigenvalue weighted by Gasteiger charge is 2.34. The minimum absolute atomic E-state index is 0.0837. The molecule has 0 spiro atoms. The van der Waals surface area contributed by atoms with Gasteiger partial charge in [0.2, 0.25) is 5.91 Å². The monoisotopic (exact) mass is 488 g/mol. The molecule has 0 bridgehead atoms. The largest absolute Gasteiger partial charge is 0.350 e. The number of amides is 1. The molecule has 0 saturated heterocycles. The summed E-state index contributed by atoms with van der Waals surface area (Å²) in [6.45, 7) is 4.70. The lowest BCUT2D eigenvalue weighted by Crippen LogP contribution is -2.52. The number of ketones is 1. The second-order valence-electron chi connectivity index (χ2n) is 10.5. The van der Waals surface area contributed by atoms with E-state index in [1.165, 1.54) is 40.5 Å². The maximum atomic E-state index is 13.2. The number of Topliss-reactive ketones (excluding diaryl/α,β-unsaturated/α-hetero) is 1. The first-order valence-corrected chi connectivity index (χ1v) is 14.0. The second-order valence-corrected chi connectivity index (χ2v) is 11.4. The Labute approximate surface area is 212 Å². The van der Waals surface area contributed by atoms with Gasteiger partial charge in [0.15, 0.2) is 5.78 Å². The first-order valence-electron chi connectivity index (χ1n) is 13.1. The van der Waals surface area contributed by atoms with Gasteiger partial charge >= 0.3 is 0 Å². The fourth-order valence-corrected chi connectivity index (χ4v) is 6.87. The first kappa shape index (κ1) is 24.2. The lowest BCUT2D eigenvalue weighted by molar-refractivity contribution is -0.123. The molecular formula is C30H36N2O2S. The van der Waals surface area contributed by atoms with Crippen LogP contribution in [0.15, 0.2) is 47.8 Å². The molecule has 2 aromatic carbocycles. The van der Waals surface area contributed by atoms with Gasteiger partial charge in [-0.3, -0.25) is 9.59 Å². The number of hydrogen-bond donors (Lipinski definition) is 1. The third-order valence-electron chi connectivity index (χ3n) is 8.04. The molecule has 1 fully saturated rings. The molecule has 0 unspecified atom stereocenters. The van der Waals surface area contributed by atoms with Gasteiger partial charge in [-0.1, -0.05) is 49.6 Å². The Bertz CT molecular complexity index is 1210. The summed E-state index contributed by atoms with van der Waals surface area (Å²) < 4.78 is 1.23. The van der Waals surface area contributed by atoms with Crippen molar-refractivity contribution in [1.82, 2.24) is 10.2 Å². The Morgan fingerprint density at radius 2 is 1.80 bits per heavy atom. The molecule has 1 aliphatic heterocycles. The van der Waals surface area contributed by atoms with E-state index in [4.69, 9.17) is 0 Å². The van der Waals surface area contributed by atoms with Gasteiger partial charge in [0, 0.05) is 35.4 Å². The van der Waals surface area contributed by atoms with E-state index in [1.807, 2.05) is 6.07 Å². The minimum Gasteiger partial charge on any atom is -0.350 e. The van der Waals surface area contributed by atoms with Gasteiger partial charge in [-0.25, -0.2) is 0 Å². The van der Waals surface area contributed by atoms with E-state index in [0.717, 1.165) is 62.9 Å². The predicted octanol–water partition coefficient (Wildman–Crippen LogP) is 5.96. The third kappa shape index (κ3) is 5.68. The van der Waals surface area contributed by atoms with Crippen molar-refractivity contribution in [3.05, 3.63) is 70.1 Å². The summed E-state index contributed by atoms with van der Waals surface area (Å²) in [5.41, 5.74) is 4.57. The number of rotatable bonds is 7. The Morgan fingerprint density at radius 3 is 2.60 bits per heavy atom. The van der Waals surface area contributed by atoms with E-state index >= 15 is 0 Å². The smallest absolute Gasteiger partial charge is 0.224 e. The van der Waals surface area contributed by atoms with Crippen LogP contribution in [0.4, 0.5) is 0 Å². The van der Waals surface area contributed by atoms with Gasteiger partial charge in [0.1, 0.15) is 0 Å². The maximum absolute atomic E-state index is 13.2. The van der Waals surface area contributed by atoms with Crippen LogP contribution in [0, 0.1) is 0 Å². The molecule has 2 heterocycles. The molecule has 3 aromatic rings. The molecule has 5 rings (SSSR count). The van der Waals surface area contributed by atoms with Gasteiger partial charge in [0.25, 0.3) is 0 Å². The van der Waals surface area contributed by atoms with E-state index in [0.29, 0.717) is 6.42 Å². The van der Waals surface area contributed by atoms with E-state index in [2.05, 4.69) is 52.0 Å². The lowest BCUT2D eigenvalue weighted by atomic mass is 9.79. The summed E-state index contributed by atoms with van der Waals surface area (Å²) in [6, 6.07) is 14.6. The molecule has 184 valence electrons. The molecule has 4 nitrogen and oxygen atoms in total. The highest BCUT2D eigenvalue weighted by molar-refractivity contribution is 7.17. The second kappa shape index (κ2) is 10.6. The summed E-state index contributed by atoms with van der Waals surface area (Å²) in [5, 5.41) is 6.86. The fourth-order valence-electron chi connectivity index (χ4n) is 5.96. The van der Waals surface area contributed by atoms with Crippen LogP contribution < -0.4 is 5.32 Å². The van der Waals surface area contributed by atoms with Gasteiger partial charge < -0.3 is 10.2 Å². The Morgan fingerprint density at radius 1 is 1.00 bits per heavy atom. The number of hydrogen-bond acceptors (Lipinski definition) is 4. The van der Waals surface area contributed by atoms with E-state index in [-0.39, 0.29) is 17.2 Å². The molecule has 1 aromatic heterocycles. The molecule has 0 radical (unpaired) electrons. The molecule has 1 N–H and O–H groups in total. The summed E-state index contributed by atoms with van der Waals surface area (Å²) in [5.74, 6) is 0.298. The van der Waals surface area contributed by atoms with Crippen molar-refractivity contribution < 1.29 is 9.59 Å². The van der Waals surface area contributed by atoms with Crippen molar-refractivity contribution in [2.75, 3.05) is 19.6 Å². The highest BCUT2D eigenvalue weighted by atomic mass is 32.1. The molecule has 5 heteroatoms. The average Bonchev–Trinajstić information content (AvgIpc) is 3.25. The zero-order valence-corrected chi connectivity index (χ0v) is 21.6. The third-order valence-corrected chi connectivity index (χ3v) is 9.05. The average molecular weight is 489 g/mol. The van der Waals surface area contributed by atoms with Gasteiger partial charge in [-0.2, -0.15) is 0 Å². The Hall–Kier alpha value is -2.50. The standard InChI is InChI=1S/C30H36N2O2S/c1-22(33)25-9-8-23-10-16-32(17-11-26(23)20-25)18-15-30(13-3-2-4-14-30)31-28(34)21-27-7-5-6-24-12-19-35-29(24)27/h5-9,12,19-20H,2-4,10-11,13-18,21H2,1H3,(H,31,34). The van der Waals surface area contributed by atoms with Crippen LogP contribution in [-0.4, -0.2) is 41.8 Å². The van der Waals surface area contributed by atoms with Crippen molar-refractivity contribution >= 4 is 33.1 Å². The van der Waals surface area contributed by atoms with Gasteiger partial charge in [-0.05, 0) is 78.6 Å². The fraction of sp³-hybridized carbons (Fsp3) is 0.467. The molecule has 1 amide bonds. The number of fused-ring (bicyclic) bond motifs is 2. The quantitative estimate of drug-likeness (QED) is 0.418.